The van der Waals surface area contributed by atoms with Crippen LogP contribution in [-0.4, -0.2) is 41.6 Å². The lowest BCUT2D eigenvalue weighted by molar-refractivity contribution is 0.0737. The number of aryl methyl sites for hydroxylation is 1. The Morgan fingerprint density at radius 2 is 1.76 bits per heavy atom. The number of nitrogen functional groups attached to an aromatic ring is 1. The summed E-state index contributed by atoms with van der Waals surface area (Å²) in [6, 6.07) is 12.1. The van der Waals surface area contributed by atoms with Gasteiger partial charge < -0.3 is 20.1 Å². The Morgan fingerprint density at radius 1 is 1.10 bits per heavy atom. The van der Waals surface area contributed by atoms with E-state index >= 15 is 0 Å². The maximum absolute atomic E-state index is 12.5. The predicted molar refractivity (Wildman–Crippen MR) is 84.4 cm³/mol. The van der Waals surface area contributed by atoms with Gasteiger partial charge in [0.15, 0.2) is 0 Å². The zero-order chi connectivity index (χ0) is 14.8. The quantitative estimate of drug-likeness (QED) is 0.910. The average Bonchev–Trinajstić information content (AvgIpc) is 2.86. The summed E-state index contributed by atoms with van der Waals surface area (Å²) in [5, 5.41) is 0. The highest BCUT2D eigenvalue weighted by Gasteiger charge is 2.23. The van der Waals surface area contributed by atoms with E-state index in [1.807, 2.05) is 30.1 Å². The number of amides is 1. The van der Waals surface area contributed by atoms with Gasteiger partial charge in [-0.15, -0.1) is 0 Å². The highest BCUT2D eigenvalue weighted by atomic mass is 16.2. The first-order valence-electron chi connectivity index (χ1n) is 7.16. The molecule has 1 saturated heterocycles. The molecule has 0 saturated carbocycles. The SMILES string of the molecule is Cn1cc(N)cc1C(=O)N1CCN(c2ccccc2)CC1. The van der Waals surface area contributed by atoms with Gasteiger partial charge in [-0.25, -0.2) is 0 Å². The van der Waals surface area contributed by atoms with Gasteiger partial charge in [0, 0.05) is 45.1 Å². The van der Waals surface area contributed by atoms with Crippen LogP contribution in [-0.2, 0) is 7.05 Å². The number of nitrogens with zero attached hydrogens (tertiary/aromatic N) is 3. The number of carbonyl (C=O) groups excluding carboxylic acids is 1. The lowest BCUT2D eigenvalue weighted by Crippen LogP contribution is -2.49. The van der Waals surface area contributed by atoms with Crippen molar-refractivity contribution in [3.8, 4) is 0 Å². The minimum absolute atomic E-state index is 0.0573. The summed E-state index contributed by atoms with van der Waals surface area (Å²) in [7, 11) is 1.85. The van der Waals surface area contributed by atoms with Gasteiger partial charge in [0.2, 0.25) is 0 Å². The number of hydrogen-bond acceptors (Lipinski definition) is 3. The van der Waals surface area contributed by atoms with Gasteiger partial charge in [0.25, 0.3) is 5.91 Å². The number of hydrogen-bond donors (Lipinski definition) is 1. The van der Waals surface area contributed by atoms with Crippen LogP contribution >= 0.6 is 0 Å². The van der Waals surface area contributed by atoms with Crippen LogP contribution in [0.5, 0.6) is 0 Å². The molecule has 0 bridgehead atoms. The molecule has 2 aromatic rings. The molecule has 0 spiro atoms. The topological polar surface area (TPSA) is 54.5 Å². The fourth-order valence-corrected chi connectivity index (χ4v) is 2.77. The van der Waals surface area contributed by atoms with E-state index in [2.05, 4.69) is 17.0 Å². The molecule has 1 aliphatic rings. The molecular formula is C16H20N4O. The maximum atomic E-state index is 12.5. The van der Waals surface area contributed by atoms with Crippen LogP contribution in [0, 0.1) is 0 Å². The molecule has 5 heteroatoms. The van der Waals surface area contributed by atoms with Crippen molar-refractivity contribution in [1.29, 1.82) is 0 Å². The minimum Gasteiger partial charge on any atom is -0.397 e. The maximum Gasteiger partial charge on any atom is 0.270 e. The number of rotatable bonds is 2. The molecular weight excluding hydrogens is 264 g/mol. The van der Waals surface area contributed by atoms with Crippen LogP contribution in [0.2, 0.25) is 0 Å². The van der Waals surface area contributed by atoms with Crippen LogP contribution in [0.3, 0.4) is 0 Å². The first-order valence-corrected chi connectivity index (χ1v) is 7.16. The summed E-state index contributed by atoms with van der Waals surface area (Å²) in [5.41, 5.74) is 8.24. The third kappa shape index (κ3) is 2.72. The second kappa shape index (κ2) is 5.52. The van der Waals surface area contributed by atoms with E-state index in [-0.39, 0.29) is 5.91 Å². The Bertz CT molecular complexity index is 627. The summed E-state index contributed by atoms with van der Waals surface area (Å²) in [4.78, 5) is 16.7. The molecule has 3 rings (SSSR count). The average molecular weight is 284 g/mol. The molecule has 110 valence electrons. The molecule has 0 radical (unpaired) electrons. The van der Waals surface area contributed by atoms with E-state index in [4.69, 9.17) is 5.73 Å². The molecule has 5 nitrogen and oxygen atoms in total. The smallest absolute Gasteiger partial charge is 0.270 e. The van der Waals surface area contributed by atoms with Crippen molar-refractivity contribution in [2.24, 2.45) is 7.05 Å². The van der Waals surface area contributed by atoms with Gasteiger partial charge in [-0.2, -0.15) is 0 Å². The fraction of sp³-hybridized carbons (Fsp3) is 0.312. The van der Waals surface area contributed by atoms with Gasteiger partial charge in [0.1, 0.15) is 5.69 Å². The number of aromatic nitrogens is 1. The van der Waals surface area contributed by atoms with Gasteiger partial charge in [-0.1, -0.05) is 18.2 Å². The van der Waals surface area contributed by atoms with Crippen molar-refractivity contribution >= 4 is 17.3 Å². The molecule has 1 aromatic carbocycles. The number of carbonyl (C=O) groups is 1. The first kappa shape index (κ1) is 13.5. The Morgan fingerprint density at radius 3 is 2.33 bits per heavy atom. The normalized spacial score (nSPS) is 15.3. The van der Waals surface area contributed by atoms with Gasteiger partial charge in [-0.3, -0.25) is 4.79 Å². The first-order chi connectivity index (χ1) is 10.1. The third-order valence-electron chi connectivity index (χ3n) is 3.93. The highest BCUT2D eigenvalue weighted by molar-refractivity contribution is 5.94. The molecule has 0 atom stereocenters. The van der Waals surface area contributed by atoms with Crippen molar-refractivity contribution in [2.75, 3.05) is 36.8 Å². The highest BCUT2D eigenvalue weighted by Crippen LogP contribution is 2.17. The molecule has 1 fully saturated rings. The zero-order valence-corrected chi connectivity index (χ0v) is 12.2. The Hall–Kier alpha value is -2.43. The van der Waals surface area contributed by atoms with Crippen molar-refractivity contribution < 1.29 is 4.79 Å². The summed E-state index contributed by atoms with van der Waals surface area (Å²) in [6.45, 7) is 3.18. The number of anilines is 2. The van der Waals surface area contributed by atoms with E-state index in [9.17, 15) is 4.79 Å². The van der Waals surface area contributed by atoms with E-state index in [0.29, 0.717) is 11.4 Å². The molecule has 21 heavy (non-hydrogen) atoms. The molecule has 2 heterocycles. The molecule has 2 N–H and O–H groups in total. The van der Waals surface area contributed by atoms with E-state index in [0.717, 1.165) is 26.2 Å². The third-order valence-corrected chi connectivity index (χ3v) is 3.93. The van der Waals surface area contributed by atoms with Crippen molar-refractivity contribution in [3.05, 3.63) is 48.3 Å². The molecule has 1 amide bonds. The number of para-hydroxylation sites is 1. The van der Waals surface area contributed by atoms with Crippen LogP contribution in [0.15, 0.2) is 42.6 Å². The van der Waals surface area contributed by atoms with Crippen molar-refractivity contribution in [1.82, 2.24) is 9.47 Å². The standard InChI is InChI=1S/C16H20N4O/c1-18-12-13(17)11-15(18)16(21)20-9-7-19(8-10-20)14-5-3-2-4-6-14/h2-6,11-12H,7-10,17H2,1H3. The summed E-state index contributed by atoms with van der Waals surface area (Å²) >= 11 is 0. The molecule has 1 aromatic heterocycles. The molecule has 0 aliphatic carbocycles. The van der Waals surface area contributed by atoms with Crippen LogP contribution in [0.25, 0.3) is 0 Å². The predicted octanol–water partition coefficient (Wildman–Crippen LogP) is 1.57. The lowest BCUT2D eigenvalue weighted by Gasteiger charge is -2.36. The number of nitrogens with two attached hydrogens (primary N) is 1. The molecule has 0 unspecified atom stereocenters. The van der Waals surface area contributed by atoms with E-state index in [1.54, 1.807) is 16.8 Å². The minimum atomic E-state index is 0.0573. The Labute approximate surface area is 124 Å². The summed E-state index contributed by atoms with van der Waals surface area (Å²) < 4.78 is 1.79. The largest absolute Gasteiger partial charge is 0.397 e. The second-order valence-corrected chi connectivity index (χ2v) is 5.38. The Kier molecular flexibility index (Phi) is 3.56. The second-order valence-electron chi connectivity index (χ2n) is 5.38. The van der Waals surface area contributed by atoms with Crippen molar-refractivity contribution in [3.63, 3.8) is 0 Å². The van der Waals surface area contributed by atoms with Gasteiger partial charge >= 0.3 is 0 Å². The zero-order valence-electron chi connectivity index (χ0n) is 12.2. The fourth-order valence-electron chi connectivity index (χ4n) is 2.77. The monoisotopic (exact) mass is 284 g/mol. The summed E-state index contributed by atoms with van der Waals surface area (Å²) in [5.74, 6) is 0.0573. The van der Waals surface area contributed by atoms with E-state index in [1.165, 1.54) is 5.69 Å². The van der Waals surface area contributed by atoms with Gasteiger partial charge in [-0.05, 0) is 18.2 Å². The van der Waals surface area contributed by atoms with Crippen molar-refractivity contribution in [2.45, 2.75) is 0 Å². The number of benzene rings is 1. The number of piperazine rings is 1. The van der Waals surface area contributed by atoms with Gasteiger partial charge in [0.05, 0.1) is 5.69 Å². The summed E-state index contributed by atoms with van der Waals surface area (Å²) in [6.07, 6.45) is 1.77. The van der Waals surface area contributed by atoms with Crippen LogP contribution in [0.1, 0.15) is 10.5 Å². The lowest BCUT2D eigenvalue weighted by atomic mass is 10.2. The van der Waals surface area contributed by atoms with E-state index < -0.39 is 0 Å². The van der Waals surface area contributed by atoms with Crippen LogP contribution in [0.4, 0.5) is 11.4 Å². The molecule has 1 aliphatic heterocycles. The Balaban J connectivity index is 1.66. The van der Waals surface area contributed by atoms with Crippen LogP contribution < -0.4 is 10.6 Å².